The fraction of sp³-hybridized carbons (Fsp3) is 0.900. The lowest BCUT2D eigenvalue weighted by molar-refractivity contribution is -0.156. The predicted molar refractivity (Wildman–Crippen MR) is 49.1 cm³/mol. The van der Waals surface area contributed by atoms with Crippen LogP contribution in [0.5, 0.6) is 0 Å². The maximum atomic E-state index is 11.4. The van der Waals surface area contributed by atoms with Crippen LogP contribution in [0.2, 0.25) is 0 Å². The summed E-state index contributed by atoms with van der Waals surface area (Å²) in [5, 5.41) is 8.66. The molecule has 3 heteroatoms. The van der Waals surface area contributed by atoms with Crippen molar-refractivity contribution in [1.29, 1.82) is 0 Å². The van der Waals surface area contributed by atoms with Crippen LogP contribution in [0.25, 0.3) is 0 Å². The van der Waals surface area contributed by atoms with E-state index in [1.807, 2.05) is 20.8 Å². The molecule has 1 aliphatic carbocycles. The molecule has 1 rings (SSSR count). The Morgan fingerprint density at radius 3 is 2.62 bits per heavy atom. The van der Waals surface area contributed by atoms with Gasteiger partial charge in [0.1, 0.15) is 5.60 Å². The van der Waals surface area contributed by atoms with Gasteiger partial charge in [-0.25, -0.2) is 0 Å². The first-order valence-electron chi connectivity index (χ1n) is 4.78. The second-order valence-electron chi connectivity index (χ2n) is 4.65. The van der Waals surface area contributed by atoms with Gasteiger partial charge in [0.2, 0.25) is 0 Å². The van der Waals surface area contributed by atoms with Crippen LogP contribution in [0.1, 0.15) is 33.6 Å². The summed E-state index contributed by atoms with van der Waals surface area (Å²) < 4.78 is 5.22. The van der Waals surface area contributed by atoms with E-state index in [4.69, 9.17) is 9.84 Å². The van der Waals surface area contributed by atoms with Crippen LogP contribution in [-0.2, 0) is 9.53 Å². The SMILES string of the molecule is CC(C)(C)OC(=O)[C@@H]1C[C@H]1CCO. The molecule has 0 heterocycles. The first-order valence-corrected chi connectivity index (χ1v) is 4.78. The van der Waals surface area contributed by atoms with Gasteiger partial charge in [0.15, 0.2) is 0 Å². The molecule has 0 aromatic rings. The minimum atomic E-state index is -0.385. The first kappa shape index (κ1) is 10.5. The van der Waals surface area contributed by atoms with Gasteiger partial charge in [0.05, 0.1) is 5.92 Å². The number of hydrogen-bond acceptors (Lipinski definition) is 3. The number of aliphatic hydroxyl groups excluding tert-OH is 1. The third-order valence-corrected chi connectivity index (χ3v) is 2.13. The smallest absolute Gasteiger partial charge is 0.309 e. The zero-order chi connectivity index (χ0) is 10.1. The van der Waals surface area contributed by atoms with Crippen LogP contribution < -0.4 is 0 Å². The van der Waals surface area contributed by atoms with Crippen LogP contribution >= 0.6 is 0 Å². The molecule has 0 amide bonds. The highest BCUT2D eigenvalue weighted by Crippen LogP contribution is 2.42. The van der Waals surface area contributed by atoms with Crippen LogP contribution in [0.3, 0.4) is 0 Å². The largest absolute Gasteiger partial charge is 0.460 e. The Morgan fingerprint density at radius 2 is 2.15 bits per heavy atom. The van der Waals surface area contributed by atoms with Crippen molar-refractivity contribution >= 4 is 5.97 Å². The molecule has 1 N–H and O–H groups in total. The molecule has 0 bridgehead atoms. The third-order valence-electron chi connectivity index (χ3n) is 2.13. The highest BCUT2D eigenvalue weighted by Gasteiger charge is 2.44. The van der Waals surface area contributed by atoms with Gasteiger partial charge in [0.25, 0.3) is 0 Å². The number of hydrogen-bond donors (Lipinski definition) is 1. The summed E-state index contributed by atoms with van der Waals surface area (Å²) in [5.74, 6) is 0.303. The zero-order valence-electron chi connectivity index (χ0n) is 8.54. The fourth-order valence-electron chi connectivity index (χ4n) is 1.40. The molecule has 1 aliphatic rings. The lowest BCUT2D eigenvalue weighted by Crippen LogP contribution is -2.25. The van der Waals surface area contributed by atoms with Gasteiger partial charge in [-0.1, -0.05) is 0 Å². The Labute approximate surface area is 79.1 Å². The van der Waals surface area contributed by atoms with Crippen molar-refractivity contribution in [2.24, 2.45) is 11.8 Å². The quantitative estimate of drug-likeness (QED) is 0.677. The van der Waals surface area contributed by atoms with Crippen molar-refractivity contribution in [2.75, 3.05) is 6.61 Å². The Hall–Kier alpha value is -0.570. The molecule has 0 radical (unpaired) electrons. The van der Waals surface area contributed by atoms with Crippen molar-refractivity contribution in [3.05, 3.63) is 0 Å². The van der Waals surface area contributed by atoms with Crippen LogP contribution in [0.15, 0.2) is 0 Å². The van der Waals surface area contributed by atoms with Crippen molar-refractivity contribution in [3.8, 4) is 0 Å². The predicted octanol–water partition coefficient (Wildman–Crippen LogP) is 1.35. The lowest BCUT2D eigenvalue weighted by Gasteiger charge is -2.19. The number of ether oxygens (including phenoxy) is 1. The fourth-order valence-corrected chi connectivity index (χ4v) is 1.40. The number of aliphatic hydroxyl groups is 1. The van der Waals surface area contributed by atoms with Gasteiger partial charge in [-0.2, -0.15) is 0 Å². The van der Waals surface area contributed by atoms with E-state index in [0.29, 0.717) is 5.92 Å². The number of carbonyl (C=O) groups is 1. The lowest BCUT2D eigenvalue weighted by atomic mass is 10.2. The summed E-state index contributed by atoms with van der Waals surface area (Å²) >= 11 is 0. The topological polar surface area (TPSA) is 46.5 Å². The monoisotopic (exact) mass is 186 g/mol. The molecular formula is C10H18O3. The molecule has 13 heavy (non-hydrogen) atoms. The molecule has 0 aliphatic heterocycles. The van der Waals surface area contributed by atoms with E-state index in [1.165, 1.54) is 0 Å². The van der Waals surface area contributed by atoms with Gasteiger partial charge in [-0.15, -0.1) is 0 Å². The highest BCUT2D eigenvalue weighted by atomic mass is 16.6. The Morgan fingerprint density at radius 1 is 1.54 bits per heavy atom. The molecular weight excluding hydrogens is 168 g/mol. The van der Waals surface area contributed by atoms with Crippen molar-refractivity contribution in [3.63, 3.8) is 0 Å². The Bertz CT molecular complexity index is 193. The van der Waals surface area contributed by atoms with E-state index in [9.17, 15) is 4.79 Å². The van der Waals surface area contributed by atoms with Gasteiger partial charge in [-0.3, -0.25) is 4.79 Å². The maximum Gasteiger partial charge on any atom is 0.309 e. The second-order valence-corrected chi connectivity index (χ2v) is 4.65. The van der Waals surface area contributed by atoms with E-state index in [2.05, 4.69) is 0 Å². The van der Waals surface area contributed by atoms with E-state index in [-0.39, 0.29) is 24.1 Å². The van der Waals surface area contributed by atoms with E-state index >= 15 is 0 Å². The summed E-state index contributed by atoms with van der Waals surface area (Å²) in [7, 11) is 0. The average molecular weight is 186 g/mol. The molecule has 2 atom stereocenters. The summed E-state index contributed by atoms with van der Waals surface area (Å²) in [6.07, 6.45) is 1.61. The molecule has 0 saturated heterocycles. The molecule has 0 spiro atoms. The van der Waals surface area contributed by atoms with E-state index in [1.54, 1.807) is 0 Å². The Balaban J connectivity index is 2.28. The molecule has 76 valence electrons. The van der Waals surface area contributed by atoms with E-state index < -0.39 is 0 Å². The second kappa shape index (κ2) is 3.66. The van der Waals surface area contributed by atoms with E-state index in [0.717, 1.165) is 12.8 Å². The van der Waals surface area contributed by atoms with Gasteiger partial charge >= 0.3 is 5.97 Å². The standard InChI is InChI=1S/C10H18O3/c1-10(2,3)13-9(12)8-6-7(8)4-5-11/h7-8,11H,4-6H2,1-3H3/t7-,8-/m1/s1. The summed E-state index contributed by atoms with van der Waals surface area (Å²) in [4.78, 5) is 11.4. The normalized spacial score (nSPS) is 27.1. The van der Waals surface area contributed by atoms with Gasteiger partial charge < -0.3 is 9.84 Å². The highest BCUT2D eigenvalue weighted by molar-refractivity contribution is 5.76. The molecule has 0 unspecified atom stereocenters. The average Bonchev–Trinajstić information content (AvgIpc) is 2.64. The molecule has 0 aromatic heterocycles. The summed E-state index contributed by atoms with van der Waals surface area (Å²) in [6, 6.07) is 0. The van der Waals surface area contributed by atoms with Crippen molar-refractivity contribution in [2.45, 2.75) is 39.2 Å². The number of rotatable bonds is 3. The van der Waals surface area contributed by atoms with Gasteiger partial charge in [0, 0.05) is 6.61 Å². The molecule has 1 fully saturated rings. The maximum absolute atomic E-state index is 11.4. The minimum absolute atomic E-state index is 0.0476. The number of esters is 1. The molecule has 1 saturated carbocycles. The minimum Gasteiger partial charge on any atom is -0.460 e. The summed E-state index contributed by atoms with van der Waals surface area (Å²) in [6.45, 7) is 5.78. The molecule has 3 nitrogen and oxygen atoms in total. The van der Waals surface area contributed by atoms with Crippen LogP contribution in [-0.4, -0.2) is 23.3 Å². The molecule has 0 aromatic carbocycles. The van der Waals surface area contributed by atoms with Crippen LogP contribution in [0, 0.1) is 11.8 Å². The summed E-state index contributed by atoms with van der Waals surface area (Å²) in [5.41, 5.74) is -0.385. The third kappa shape index (κ3) is 3.35. The van der Waals surface area contributed by atoms with Crippen LogP contribution in [0.4, 0.5) is 0 Å². The van der Waals surface area contributed by atoms with Crippen molar-refractivity contribution in [1.82, 2.24) is 0 Å². The van der Waals surface area contributed by atoms with Gasteiger partial charge in [-0.05, 0) is 39.5 Å². The Kier molecular flexibility index (Phi) is 2.96. The number of carbonyl (C=O) groups excluding carboxylic acids is 1. The zero-order valence-corrected chi connectivity index (χ0v) is 8.54. The first-order chi connectivity index (χ1) is 5.94. The van der Waals surface area contributed by atoms with Crippen molar-refractivity contribution < 1.29 is 14.6 Å².